The van der Waals surface area contributed by atoms with E-state index in [9.17, 15) is 0 Å². The van der Waals surface area contributed by atoms with Crippen LogP contribution < -0.4 is 0 Å². The molecule has 1 rings (SSSR count). The fourth-order valence-electron chi connectivity index (χ4n) is 0.750. The molecule has 0 amide bonds. The second kappa shape index (κ2) is 1.70. The van der Waals surface area contributed by atoms with E-state index < -0.39 is 0 Å². The highest BCUT2D eigenvalue weighted by atomic mass is 32.2. The molecule has 1 heterocycles. The van der Waals surface area contributed by atoms with Crippen molar-refractivity contribution in [2.45, 2.75) is 31.4 Å². The molecule has 1 saturated heterocycles. The van der Waals surface area contributed by atoms with Gasteiger partial charge in [-0.25, -0.2) is 0 Å². The van der Waals surface area contributed by atoms with Gasteiger partial charge in [-0.3, -0.25) is 0 Å². The largest absolute Gasteiger partial charge is 0.151 e. The van der Waals surface area contributed by atoms with Crippen LogP contribution in [0.25, 0.3) is 0 Å². The summed E-state index contributed by atoms with van der Waals surface area (Å²) < 4.78 is 0.556. The van der Waals surface area contributed by atoms with Crippen LogP contribution in [0.5, 0.6) is 0 Å². The van der Waals surface area contributed by atoms with E-state index in [2.05, 4.69) is 19.6 Å². The first kappa shape index (κ1) is 5.49. The lowest BCUT2D eigenvalue weighted by Gasteiger charge is -2.12. The minimum atomic E-state index is 0.556. The minimum Gasteiger partial charge on any atom is -0.151 e. The van der Waals surface area contributed by atoms with Crippen LogP contribution in [0.15, 0.2) is 0 Å². The van der Waals surface area contributed by atoms with Gasteiger partial charge in [0.15, 0.2) is 0 Å². The molecule has 0 unspecified atom stereocenters. The van der Waals surface area contributed by atoms with Gasteiger partial charge in [0.1, 0.15) is 0 Å². The van der Waals surface area contributed by atoms with Crippen LogP contribution in [0.2, 0.25) is 0 Å². The van der Waals surface area contributed by atoms with Gasteiger partial charge in [0.2, 0.25) is 0 Å². The molecule has 1 aliphatic rings. The molecular weight excluding hydrogens is 104 g/mol. The minimum absolute atomic E-state index is 0.556. The summed E-state index contributed by atoms with van der Waals surface area (Å²) in [7, 11) is 0. The molecule has 0 bridgehead atoms. The highest BCUT2D eigenvalue weighted by Gasteiger charge is 2.22. The molecule has 0 aromatic heterocycles. The number of thioether (sulfide) groups is 1. The molecular formula is C6H11S. The summed E-state index contributed by atoms with van der Waals surface area (Å²) in [6.07, 6.45) is 2.66. The van der Waals surface area contributed by atoms with Crippen molar-refractivity contribution in [1.29, 1.82) is 0 Å². The smallest absolute Gasteiger partial charge is 0.0172 e. The predicted molar refractivity (Wildman–Crippen MR) is 35.2 cm³/mol. The SMILES string of the molecule is CC1(C)CC[CH]S1. The molecule has 1 radical (unpaired) electrons. The fourth-order valence-corrected chi connectivity index (χ4v) is 1.67. The lowest BCUT2D eigenvalue weighted by Crippen LogP contribution is -2.06. The van der Waals surface area contributed by atoms with Crippen molar-refractivity contribution in [3.05, 3.63) is 5.75 Å². The third-order valence-electron chi connectivity index (χ3n) is 1.27. The summed E-state index contributed by atoms with van der Waals surface area (Å²) in [5.74, 6) is 2.31. The van der Waals surface area contributed by atoms with Crippen molar-refractivity contribution in [1.82, 2.24) is 0 Å². The highest BCUT2D eigenvalue weighted by molar-refractivity contribution is 8.02. The topological polar surface area (TPSA) is 0 Å². The zero-order valence-electron chi connectivity index (χ0n) is 4.90. The van der Waals surface area contributed by atoms with E-state index in [4.69, 9.17) is 0 Å². The third-order valence-corrected chi connectivity index (χ3v) is 2.51. The average molecular weight is 115 g/mol. The van der Waals surface area contributed by atoms with Crippen LogP contribution in [0.3, 0.4) is 0 Å². The van der Waals surface area contributed by atoms with Gasteiger partial charge < -0.3 is 0 Å². The number of rotatable bonds is 0. The van der Waals surface area contributed by atoms with E-state index in [-0.39, 0.29) is 0 Å². The van der Waals surface area contributed by atoms with E-state index in [0.29, 0.717) is 4.75 Å². The van der Waals surface area contributed by atoms with Crippen molar-refractivity contribution in [2.75, 3.05) is 0 Å². The highest BCUT2D eigenvalue weighted by Crippen LogP contribution is 2.39. The Morgan fingerprint density at radius 1 is 1.57 bits per heavy atom. The van der Waals surface area contributed by atoms with Gasteiger partial charge >= 0.3 is 0 Å². The molecule has 1 aliphatic heterocycles. The maximum Gasteiger partial charge on any atom is 0.0172 e. The molecule has 1 fully saturated rings. The summed E-state index contributed by atoms with van der Waals surface area (Å²) in [4.78, 5) is 0. The first-order chi connectivity index (χ1) is 3.21. The summed E-state index contributed by atoms with van der Waals surface area (Å²) in [6.45, 7) is 4.59. The molecule has 7 heavy (non-hydrogen) atoms. The van der Waals surface area contributed by atoms with Gasteiger partial charge in [0.25, 0.3) is 0 Å². The maximum atomic E-state index is 2.31. The first-order valence-corrected chi connectivity index (χ1v) is 3.58. The number of hydrogen-bond acceptors (Lipinski definition) is 1. The van der Waals surface area contributed by atoms with Gasteiger partial charge in [-0.15, -0.1) is 0 Å². The molecule has 0 aliphatic carbocycles. The van der Waals surface area contributed by atoms with Crippen molar-refractivity contribution in [2.24, 2.45) is 0 Å². The summed E-state index contributed by atoms with van der Waals surface area (Å²) >= 11 is 1.97. The molecule has 0 nitrogen and oxygen atoms in total. The molecule has 0 spiro atoms. The van der Waals surface area contributed by atoms with Crippen LogP contribution in [0.1, 0.15) is 26.7 Å². The predicted octanol–water partition coefficient (Wildman–Crippen LogP) is 2.45. The van der Waals surface area contributed by atoms with Crippen LogP contribution in [-0.4, -0.2) is 4.75 Å². The Labute approximate surface area is 49.7 Å². The Morgan fingerprint density at radius 3 is 2.43 bits per heavy atom. The van der Waals surface area contributed by atoms with Crippen molar-refractivity contribution in [3.8, 4) is 0 Å². The Balaban J connectivity index is 2.40. The molecule has 1 heteroatoms. The van der Waals surface area contributed by atoms with Crippen LogP contribution >= 0.6 is 11.8 Å². The molecule has 0 N–H and O–H groups in total. The normalized spacial score (nSPS) is 28.3. The monoisotopic (exact) mass is 115 g/mol. The second-order valence-electron chi connectivity index (χ2n) is 2.58. The summed E-state index contributed by atoms with van der Waals surface area (Å²) in [5.41, 5.74) is 0. The lowest BCUT2D eigenvalue weighted by molar-refractivity contribution is 0.672. The van der Waals surface area contributed by atoms with Crippen LogP contribution in [-0.2, 0) is 0 Å². The van der Waals surface area contributed by atoms with E-state index >= 15 is 0 Å². The zero-order chi connectivity index (χ0) is 5.33. The van der Waals surface area contributed by atoms with E-state index in [1.54, 1.807) is 0 Å². The summed E-state index contributed by atoms with van der Waals surface area (Å²) in [6, 6.07) is 0. The quantitative estimate of drug-likeness (QED) is 0.467. The second-order valence-corrected chi connectivity index (χ2v) is 4.26. The van der Waals surface area contributed by atoms with Crippen molar-refractivity contribution in [3.63, 3.8) is 0 Å². The maximum absolute atomic E-state index is 2.31. The Bertz CT molecular complexity index is 58.6. The van der Waals surface area contributed by atoms with E-state index in [0.717, 1.165) is 0 Å². The van der Waals surface area contributed by atoms with Gasteiger partial charge in [-0.2, -0.15) is 11.8 Å². The Kier molecular flexibility index (Phi) is 1.33. The van der Waals surface area contributed by atoms with Crippen molar-refractivity contribution < 1.29 is 0 Å². The molecule has 0 atom stereocenters. The van der Waals surface area contributed by atoms with Gasteiger partial charge in [-0.05, 0) is 12.8 Å². The van der Waals surface area contributed by atoms with Gasteiger partial charge in [0.05, 0.1) is 0 Å². The average Bonchev–Trinajstić information content (AvgIpc) is 1.84. The fraction of sp³-hybridized carbons (Fsp3) is 0.833. The van der Waals surface area contributed by atoms with Crippen LogP contribution in [0.4, 0.5) is 0 Å². The van der Waals surface area contributed by atoms with Crippen molar-refractivity contribution >= 4 is 11.8 Å². The zero-order valence-corrected chi connectivity index (χ0v) is 5.72. The standard InChI is InChI=1S/C6H11S/c1-6(2)4-3-5-7-6/h5H,3-4H2,1-2H3. The number of hydrogen-bond donors (Lipinski definition) is 0. The molecule has 0 saturated carbocycles. The summed E-state index contributed by atoms with van der Waals surface area (Å²) in [5, 5.41) is 0. The molecule has 41 valence electrons. The Morgan fingerprint density at radius 2 is 2.29 bits per heavy atom. The van der Waals surface area contributed by atoms with Gasteiger partial charge in [-0.1, -0.05) is 13.8 Å². The Hall–Kier alpha value is 0.350. The van der Waals surface area contributed by atoms with E-state index in [1.807, 2.05) is 11.8 Å². The van der Waals surface area contributed by atoms with E-state index in [1.165, 1.54) is 12.8 Å². The van der Waals surface area contributed by atoms with Crippen LogP contribution in [0, 0.1) is 5.75 Å². The first-order valence-electron chi connectivity index (χ1n) is 2.70. The molecule has 0 aromatic carbocycles. The lowest BCUT2D eigenvalue weighted by atomic mass is 10.1. The molecule has 0 aromatic rings. The van der Waals surface area contributed by atoms with Gasteiger partial charge in [0, 0.05) is 10.5 Å². The third kappa shape index (κ3) is 1.37.